The van der Waals surface area contributed by atoms with Crippen molar-refractivity contribution in [2.75, 3.05) is 5.73 Å². The Morgan fingerprint density at radius 2 is 0.479 bits per heavy atom. The van der Waals surface area contributed by atoms with Crippen LogP contribution < -0.4 is 86.6 Å². The summed E-state index contributed by atoms with van der Waals surface area (Å²) >= 11 is 2.12. The Bertz CT molecular complexity index is 5810. The van der Waals surface area contributed by atoms with Crippen LogP contribution in [0.3, 0.4) is 0 Å². The van der Waals surface area contributed by atoms with Gasteiger partial charge in [-0.15, -0.1) is 6.42 Å². The number of carbonyl (C=O) groups is 3. The molecule has 15 heteroatoms. The fourth-order valence-corrected chi connectivity index (χ4v) is 22.7. The summed E-state index contributed by atoms with van der Waals surface area (Å²) in [6, 6.07) is 164. The monoisotopic (exact) mass is 2210 g/mol. The molecule has 0 fully saturated rings. The summed E-state index contributed by atoms with van der Waals surface area (Å²) in [5, 5.41) is 34.2. The van der Waals surface area contributed by atoms with Gasteiger partial charge in [-0.25, -0.2) is 9.59 Å². The van der Waals surface area contributed by atoms with Crippen molar-refractivity contribution in [3.63, 3.8) is 0 Å². The van der Waals surface area contributed by atoms with E-state index in [4.69, 9.17) is 39.6 Å². The predicted octanol–water partition coefficient (Wildman–Crippen LogP) is 28.1. The molecule has 0 amide bonds. The zero-order valence-corrected chi connectivity index (χ0v) is 93.1. The van der Waals surface area contributed by atoms with Crippen molar-refractivity contribution in [1.29, 1.82) is 0 Å². The second-order valence-electron chi connectivity index (χ2n) is 29.3. The molecular weight excluding hydrogens is 2070 g/mol. The van der Waals surface area contributed by atoms with Crippen LogP contribution in [-0.2, 0) is 26.8 Å². The van der Waals surface area contributed by atoms with Gasteiger partial charge < -0.3 is 33.1 Å². The van der Waals surface area contributed by atoms with Gasteiger partial charge in [0, 0.05) is 93.9 Å². The molecule has 0 aliphatic heterocycles. The van der Waals surface area contributed by atoms with Gasteiger partial charge in [-0.2, -0.15) is 0 Å². The third-order valence-corrected chi connectivity index (χ3v) is 30.5. The quantitative estimate of drug-likeness (QED) is 0.0128. The van der Waals surface area contributed by atoms with E-state index in [9.17, 15) is 14.4 Å². The van der Waals surface area contributed by atoms with Crippen LogP contribution in [-0.4, -0.2) is 27.9 Å². The van der Waals surface area contributed by atoms with Crippen LogP contribution in [0, 0.1) is 60.4 Å². The van der Waals surface area contributed by atoms with Crippen LogP contribution in [0.25, 0.3) is 0 Å². The van der Waals surface area contributed by atoms with Crippen LogP contribution >= 0.6 is 54.3 Å². The SMILES string of the molecule is C#C/C=C/N.CC.CC.CC.CC.CC.Cc1ccc(C(=O)Cc2ccccc2)cc1C#C/C=C/N.Cc1ccc(C(=O)O)cc1C#C/C=C/N.Cc1ccc(C(=O)O)cc1I.Nc1ccccc1.[3HH].[3HH].[3HH].[Pd].c1ccc(P(c2ccccc2)c2ccccc2)cc1.c1ccc(P(c2ccccc2)c2ccccc2)cc1.c1ccc(P(c2ccccc2)c2ccccc2)cc1.c1ccc(P(c2ccccc2)c2ccccc2)cc1. The molecular formula is C131H143IN4O5P4Pd. The van der Waals surface area contributed by atoms with Gasteiger partial charge in [-0.05, 0) is 203 Å². The molecule has 10 N–H and O–H groups in total. The molecule has 0 saturated carbocycles. The maximum atomic E-state index is 12.3. The topological polar surface area (TPSA) is 196 Å². The number of carboxylic acid groups (broad SMARTS) is 2. The molecule has 0 unspecified atom stereocenters. The first-order valence-corrected chi connectivity index (χ1v) is 54.7. The van der Waals surface area contributed by atoms with Crippen molar-refractivity contribution in [3.05, 3.63) is 570 Å². The molecule has 0 heterocycles. The Balaban J connectivity index is 0.00000166. The number of nitrogen functional groups attached to an aromatic ring is 1. The molecule has 9 nitrogen and oxygen atoms in total. The summed E-state index contributed by atoms with van der Waals surface area (Å²) in [6.45, 7) is 25.8. The molecule has 0 spiro atoms. The molecule has 0 atom stereocenters. The van der Waals surface area contributed by atoms with Gasteiger partial charge in [0.15, 0.2) is 5.78 Å². The van der Waals surface area contributed by atoms with E-state index in [0.717, 1.165) is 37.1 Å². The van der Waals surface area contributed by atoms with Gasteiger partial charge in [0.2, 0.25) is 0 Å². The van der Waals surface area contributed by atoms with Gasteiger partial charge in [-0.1, -0.05) is 536 Å². The zero-order chi connectivity index (χ0) is 106. The summed E-state index contributed by atoms with van der Waals surface area (Å²) < 4.78 is 0.988. The Hall–Kier alpha value is -14.4. The number of rotatable bonds is 17. The van der Waals surface area contributed by atoms with Crippen molar-refractivity contribution in [2.24, 2.45) is 17.2 Å². The van der Waals surface area contributed by atoms with Crippen molar-refractivity contribution >= 4 is 141 Å². The van der Waals surface area contributed by atoms with Crippen LogP contribution in [0.4, 0.5) is 5.69 Å². The standard InChI is InChI=1S/C19H17NO.4C18H15P.C12H11NO2.C8H7IO2.C6H7N.C4H5N.5C2H6.Pd.3H2/c1-15-10-11-18(14-17(15)9-5-6-12-20)19(21)13-16-7-3-2-4-8-16;4*1-4-10-16(11-5-1)19(17-12-6-2-7-13-17)18-14-8-3-9-15-18;1-9-5-6-11(12(14)15)8-10(9)4-2-3-7-13;1-5-2-3-6(8(10)11)4-7(5)9;7-6-4-2-1-3-5-6;1-2-3-4-5;5*1-2;;;;/h2-4,6-8,10-12,14H,13,20H2,1H3;4*1-15H;3,5-8H,13H2,1H3,(H,14,15);2-4H,1H3,(H,10,11);1-5H,7H2;1,3-4H,5H2;5*1-2H3;;3*1H/b12-6+;;;;;7-3+;;;4-3+;;;;;;;;;/i;;;;;;;;;;;;;;;3*1+2. The number of ketones is 1. The molecule has 0 bridgehead atoms. The van der Waals surface area contributed by atoms with Crippen molar-refractivity contribution in [1.82, 2.24) is 0 Å². The van der Waals surface area contributed by atoms with Gasteiger partial charge in [0.1, 0.15) is 0 Å². The Kier molecular flexibility index (Phi) is 68.0. The van der Waals surface area contributed by atoms with Crippen LogP contribution in [0.2, 0.25) is 0 Å². The molecule has 0 aliphatic carbocycles. The third kappa shape index (κ3) is 47.4. The van der Waals surface area contributed by atoms with Gasteiger partial charge >= 0.3 is 11.9 Å². The number of hydrogen-bond acceptors (Lipinski definition) is 7. The Morgan fingerprint density at radius 3 is 0.664 bits per heavy atom. The number of nitrogens with two attached hydrogens (primary N) is 4. The molecule has 754 valence electrons. The number of hydrogen-bond donors (Lipinski definition) is 6. The molecule has 0 radical (unpaired) electrons. The van der Waals surface area contributed by atoms with Crippen molar-refractivity contribution < 1.29 is 49.3 Å². The molecule has 0 saturated heterocycles. The fraction of sp³-hybridized carbons (Fsp3) is 0.107. The molecule has 0 aromatic heterocycles. The average molecular weight is 2220 g/mol. The van der Waals surface area contributed by atoms with Crippen LogP contribution in [0.5, 0.6) is 0 Å². The number of Topliss-reactive ketones (excluding diaryl/α,β-unsaturated/α-hetero) is 1. The van der Waals surface area contributed by atoms with Crippen molar-refractivity contribution in [3.8, 4) is 36.0 Å². The molecule has 17 aromatic carbocycles. The zero-order valence-electron chi connectivity index (χ0n) is 85.8. The largest absolute Gasteiger partial charge is 0.478 e. The van der Waals surface area contributed by atoms with Crippen molar-refractivity contribution in [2.45, 2.75) is 96.4 Å². The van der Waals surface area contributed by atoms with E-state index >= 15 is 0 Å². The minimum atomic E-state index is -0.951. The number of aryl methyl sites for hydroxylation is 3. The second-order valence-corrected chi connectivity index (χ2v) is 39.3. The van der Waals surface area contributed by atoms with Gasteiger partial charge in [-0.3, -0.25) is 4.79 Å². The summed E-state index contributed by atoms with van der Waals surface area (Å²) in [7, 11) is -1.78. The number of aromatic carboxylic acids is 2. The first-order valence-electron chi connectivity index (χ1n) is 48.3. The Labute approximate surface area is 908 Å². The number of para-hydroxylation sites is 1. The maximum absolute atomic E-state index is 12.3. The van der Waals surface area contributed by atoms with E-state index in [0.29, 0.717) is 23.1 Å². The molecule has 17 aromatic rings. The number of terminal acetylenes is 1. The molecule has 146 heavy (non-hydrogen) atoms. The number of carboxylic acids is 2. The first kappa shape index (κ1) is 126. The summed E-state index contributed by atoms with van der Waals surface area (Å²) in [5.74, 6) is 11.9. The number of carbonyl (C=O) groups excluding carboxylic acids is 1. The second kappa shape index (κ2) is 79.0. The average Bonchev–Trinajstić information content (AvgIpc) is 0.827. The third-order valence-electron chi connectivity index (χ3n) is 19.6. The molecule has 0 aliphatic rings. The predicted molar refractivity (Wildman–Crippen MR) is 652 cm³/mol. The van der Waals surface area contributed by atoms with E-state index in [2.05, 4.69) is 416 Å². The van der Waals surface area contributed by atoms with E-state index in [1.807, 2.05) is 175 Å². The van der Waals surface area contributed by atoms with E-state index in [-0.39, 0.29) is 36.0 Å². The number of benzene rings is 17. The van der Waals surface area contributed by atoms with E-state index in [1.165, 1.54) is 94.4 Å². The number of halogens is 1. The first-order chi connectivity index (χ1) is 71.1. The summed E-state index contributed by atoms with van der Waals surface area (Å²) in [5.41, 5.74) is 28.3. The minimum Gasteiger partial charge on any atom is -0.478 e. The maximum Gasteiger partial charge on any atom is 0.335 e. The van der Waals surface area contributed by atoms with E-state index < -0.39 is 43.6 Å². The van der Waals surface area contributed by atoms with Crippen LogP contribution in [0.1, 0.15) is 138 Å². The summed E-state index contributed by atoms with van der Waals surface area (Å²) in [4.78, 5) is 33.5. The number of allylic oxidation sites excluding steroid dienone is 3. The normalized spacial score (nSPS) is 9.57. The minimum absolute atomic E-state index is 0. The Morgan fingerprint density at radius 1 is 0.288 bits per heavy atom. The fourth-order valence-electron chi connectivity index (χ4n) is 13.0. The van der Waals surface area contributed by atoms with Gasteiger partial charge in [0.25, 0.3) is 0 Å². The number of anilines is 1. The smallest absolute Gasteiger partial charge is 0.335 e. The van der Waals surface area contributed by atoms with Gasteiger partial charge in [0.05, 0.1) is 11.1 Å². The van der Waals surface area contributed by atoms with Crippen LogP contribution in [0.15, 0.2) is 516 Å². The van der Waals surface area contributed by atoms with E-state index in [1.54, 1.807) is 36.4 Å². The summed E-state index contributed by atoms with van der Waals surface area (Å²) in [6.07, 6.45) is 13.7. The molecule has 17 rings (SSSR count).